The fraction of sp³-hybridized carbons (Fsp3) is 0.286. The molecule has 0 aliphatic rings. The molecule has 1 aromatic carbocycles. The first-order valence-electron chi connectivity index (χ1n) is 9.43. The van der Waals surface area contributed by atoms with Gasteiger partial charge in [-0.2, -0.15) is 4.98 Å². The standard InChI is InChI=1S/C21H22F3N5O/c1-14(2)27-20-28-18(16-4-3-5-17(12-16)30-21(22,23)24)13-19(29-20)26-11-8-15-6-9-25-10-7-15/h3-7,9-10,12-14H,8,11H2,1-2H3,(H2,26,27,28,29). The molecule has 0 aliphatic carbocycles. The van der Waals surface area contributed by atoms with Gasteiger partial charge in [-0.25, -0.2) is 4.98 Å². The molecule has 30 heavy (non-hydrogen) atoms. The van der Waals surface area contributed by atoms with Crippen LogP contribution in [0.25, 0.3) is 11.3 Å². The number of rotatable bonds is 8. The van der Waals surface area contributed by atoms with Crippen LogP contribution in [-0.2, 0) is 6.42 Å². The summed E-state index contributed by atoms with van der Waals surface area (Å²) in [6.45, 7) is 4.52. The Labute approximate surface area is 172 Å². The Morgan fingerprint density at radius 2 is 1.80 bits per heavy atom. The minimum atomic E-state index is -4.76. The summed E-state index contributed by atoms with van der Waals surface area (Å²) in [7, 11) is 0. The van der Waals surface area contributed by atoms with E-state index >= 15 is 0 Å². The van der Waals surface area contributed by atoms with Crippen molar-refractivity contribution in [2.24, 2.45) is 0 Å². The molecule has 2 heterocycles. The molecule has 0 fully saturated rings. The number of alkyl halides is 3. The van der Waals surface area contributed by atoms with Gasteiger partial charge in [0.15, 0.2) is 0 Å². The van der Waals surface area contributed by atoms with Crippen molar-refractivity contribution in [3.63, 3.8) is 0 Å². The maximum Gasteiger partial charge on any atom is 0.573 e. The molecular formula is C21H22F3N5O. The molecule has 0 saturated heterocycles. The summed E-state index contributed by atoms with van der Waals surface area (Å²) >= 11 is 0. The van der Waals surface area contributed by atoms with Crippen LogP contribution in [-0.4, -0.2) is 33.9 Å². The highest BCUT2D eigenvalue weighted by molar-refractivity contribution is 5.66. The maximum absolute atomic E-state index is 12.6. The average Bonchev–Trinajstić information content (AvgIpc) is 2.67. The van der Waals surface area contributed by atoms with E-state index in [1.165, 1.54) is 18.2 Å². The molecule has 0 aliphatic heterocycles. The third-order valence-corrected chi connectivity index (χ3v) is 3.98. The smallest absolute Gasteiger partial charge is 0.406 e. The molecule has 9 heteroatoms. The summed E-state index contributed by atoms with van der Waals surface area (Å²) in [4.78, 5) is 12.9. The van der Waals surface area contributed by atoms with Crippen LogP contribution in [0.15, 0.2) is 54.9 Å². The van der Waals surface area contributed by atoms with Gasteiger partial charge < -0.3 is 15.4 Å². The largest absolute Gasteiger partial charge is 0.573 e. The van der Waals surface area contributed by atoms with Crippen molar-refractivity contribution in [3.05, 3.63) is 60.4 Å². The molecule has 0 bridgehead atoms. The van der Waals surface area contributed by atoms with Gasteiger partial charge in [-0.1, -0.05) is 12.1 Å². The lowest BCUT2D eigenvalue weighted by atomic mass is 10.1. The number of ether oxygens (including phenoxy) is 1. The van der Waals surface area contributed by atoms with Crippen molar-refractivity contribution in [2.75, 3.05) is 17.2 Å². The van der Waals surface area contributed by atoms with Crippen molar-refractivity contribution in [1.29, 1.82) is 0 Å². The molecule has 0 saturated carbocycles. The van der Waals surface area contributed by atoms with E-state index < -0.39 is 6.36 Å². The van der Waals surface area contributed by atoms with E-state index in [4.69, 9.17) is 0 Å². The van der Waals surface area contributed by atoms with Gasteiger partial charge in [0, 0.05) is 36.6 Å². The molecule has 3 rings (SSSR count). The van der Waals surface area contributed by atoms with Crippen LogP contribution in [0.2, 0.25) is 0 Å². The van der Waals surface area contributed by atoms with E-state index in [0.717, 1.165) is 12.0 Å². The lowest BCUT2D eigenvalue weighted by Crippen LogP contribution is -2.17. The number of hydrogen-bond acceptors (Lipinski definition) is 6. The van der Waals surface area contributed by atoms with Crippen LogP contribution in [0.1, 0.15) is 19.4 Å². The lowest BCUT2D eigenvalue weighted by molar-refractivity contribution is -0.274. The van der Waals surface area contributed by atoms with Crippen LogP contribution in [0.3, 0.4) is 0 Å². The van der Waals surface area contributed by atoms with Gasteiger partial charge in [0.2, 0.25) is 5.95 Å². The van der Waals surface area contributed by atoms with E-state index in [-0.39, 0.29) is 11.8 Å². The van der Waals surface area contributed by atoms with Crippen molar-refractivity contribution >= 4 is 11.8 Å². The number of hydrogen-bond donors (Lipinski definition) is 2. The summed E-state index contributed by atoms with van der Waals surface area (Å²) in [6, 6.07) is 11.4. The van der Waals surface area contributed by atoms with Crippen molar-refractivity contribution in [1.82, 2.24) is 15.0 Å². The van der Waals surface area contributed by atoms with E-state index in [1.807, 2.05) is 26.0 Å². The van der Waals surface area contributed by atoms with Crippen molar-refractivity contribution in [2.45, 2.75) is 32.7 Å². The third kappa shape index (κ3) is 6.61. The molecule has 0 amide bonds. The second kappa shape index (κ2) is 9.43. The minimum Gasteiger partial charge on any atom is -0.406 e. The summed E-state index contributed by atoms with van der Waals surface area (Å²) < 4.78 is 41.7. The molecule has 0 radical (unpaired) electrons. The Morgan fingerprint density at radius 3 is 2.50 bits per heavy atom. The van der Waals surface area contributed by atoms with Gasteiger partial charge in [0.05, 0.1) is 5.69 Å². The first-order chi connectivity index (χ1) is 14.3. The van der Waals surface area contributed by atoms with Crippen molar-refractivity contribution in [3.8, 4) is 17.0 Å². The first kappa shape index (κ1) is 21.4. The Hall–Kier alpha value is -3.36. The van der Waals surface area contributed by atoms with Crippen LogP contribution >= 0.6 is 0 Å². The molecule has 6 nitrogen and oxygen atoms in total. The molecule has 2 aromatic heterocycles. The quantitative estimate of drug-likeness (QED) is 0.543. The maximum atomic E-state index is 12.6. The summed E-state index contributed by atoms with van der Waals surface area (Å²) in [6.07, 6.45) is -0.518. The summed E-state index contributed by atoms with van der Waals surface area (Å²) in [5.74, 6) is 0.652. The highest BCUT2D eigenvalue weighted by atomic mass is 19.4. The Morgan fingerprint density at radius 1 is 1.03 bits per heavy atom. The molecule has 0 spiro atoms. The normalized spacial score (nSPS) is 11.4. The van der Waals surface area contributed by atoms with E-state index in [9.17, 15) is 13.2 Å². The third-order valence-electron chi connectivity index (χ3n) is 3.98. The Balaban J connectivity index is 1.82. The highest BCUT2D eigenvalue weighted by Gasteiger charge is 2.31. The predicted molar refractivity (Wildman–Crippen MR) is 109 cm³/mol. The van der Waals surface area contributed by atoms with Gasteiger partial charge in [0.25, 0.3) is 0 Å². The van der Waals surface area contributed by atoms with Crippen LogP contribution < -0.4 is 15.4 Å². The van der Waals surface area contributed by atoms with E-state index in [1.54, 1.807) is 24.5 Å². The fourth-order valence-corrected chi connectivity index (χ4v) is 2.75. The molecular weight excluding hydrogens is 395 g/mol. The van der Waals surface area contributed by atoms with E-state index in [0.29, 0.717) is 29.6 Å². The monoisotopic (exact) mass is 417 g/mol. The molecule has 0 unspecified atom stereocenters. The lowest BCUT2D eigenvalue weighted by Gasteiger charge is -2.14. The Bertz CT molecular complexity index is 964. The van der Waals surface area contributed by atoms with Crippen LogP contribution in [0, 0.1) is 0 Å². The average molecular weight is 417 g/mol. The number of halogens is 3. The zero-order chi connectivity index (χ0) is 21.6. The van der Waals surface area contributed by atoms with Gasteiger partial charge in [-0.15, -0.1) is 13.2 Å². The minimum absolute atomic E-state index is 0.0878. The number of benzene rings is 1. The Kier molecular flexibility index (Phi) is 6.71. The second-order valence-corrected chi connectivity index (χ2v) is 6.87. The van der Waals surface area contributed by atoms with Crippen LogP contribution in [0.4, 0.5) is 24.9 Å². The fourth-order valence-electron chi connectivity index (χ4n) is 2.75. The van der Waals surface area contributed by atoms with Crippen molar-refractivity contribution < 1.29 is 17.9 Å². The van der Waals surface area contributed by atoms with Gasteiger partial charge in [-0.05, 0) is 50.1 Å². The number of pyridine rings is 1. The number of nitrogens with zero attached hydrogens (tertiary/aromatic N) is 3. The molecule has 0 atom stereocenters. The predicted octanol–water partition coefficient (Wildman–Crippen LogP) is 4.91. The number of anilines is 2. The van der Waals surface area contributed by atoms with Gasteiger partial charge >= 0.3 is 6.36 Å². The first-order valence-corrected chi connectivity index (χ1v) is 9.43. The summed E-state index contributed by atoms with van der Waals surface area (Å²) in [5, 5.41) is 6.38. The highest BCUT2D eigenvalue weighted by Crippen LogP contribution is 2.28. The summed E-state index contributed by atoms with van der Waals surface area (Å²) in [5.41, 5.74) is 2.10. The molecule has 2 N–H and O–H groups in total. The number of nitrogens with one attached hydrogen (secondary N) is 2. The SMILES string of the molecule is CC(C)Nc1nc(NCCc2ccncc2)cc(-c2cccc(OC(F)(F)F)c2)n1. The van der Waals surface area contributed by atoms with E-state index in [2.05, 4.69) is 30.3 Å². The zero-order valence-electron chi connectivity index (χ0n) is 16.6. The van der Waals surface area contributed by atoms with Gasteiger partial charge in [-0.3, -0.25) is 4.98 Å². The zero-order valence-corrected chi connectivity index (χ0v) is 16.6. The number of aromatic nitrogens is 3. The van der Waals surface area contributed by atoms with Crippen LogP contribution in [0.5, 0.6) is 5.75 Å². The molecule has 3 aromatic rings. The topological polar surface area (TPSA) is 72.0 Å². The molecule has 158 valence electrons. The second-order valence-electron chi connectivity index (χ2n) is 6.87. The van der Waals surface area contributed by atoms with Gasteiger partial charge in [0.1, 0.15) is 11.6 Å².